The maximum atomic E-state index is 13.7. The summed E-state index contributed by atoms with van der Waals surface area (Å²) in [5, 5.41) is 1.80. The van der Waals surface area contributed by atoms with Crippen molar-refractivity contribution in [3.05, 3.63) is 123 Å². The Kier molecular flexibility index (Phi) is 8.02. The Hall–Kier alpha value is -3.27. The third-order valence-electron chi connectivity index (χ3n) is 5.43. The van der Waals surface area contributed by atoms with E-state index in [-0.39, 0.29) is 21.5 Å². The van der Waals surface area contributed by atoms with Crippen molar-refractivity contribution in [2.24, 2.45) is 4.99 Å². The molecule has 0 atom stereocenters. The molecule has 0 N–H and O–H groups in total. The molecule has 0 bridgehead atoms. The minimum Gasteiger partial charge on any atom is -0.378 e. The van der Waals surface area contributed by atoms with Crippen molar-refractivity contribution in [1.82, 2.24) is 0 Å². The van der Waals surface area contributed by atoms with Crippen molar-refractivity contribution in [3.8, 4) is 5.75 Å². The Morgan fingerprint density at radius 3 is 2.08 bits per heavy atom. The molecule has 1 amide bonds. The molecular formula is C28H17Cl3N2O4S2. The molecule has 196 valence electrons. The molecule has 1 fully saturated rings. The number of nitrogens with zero attached hydrogens (tertiary/aromatic N) is 2. The third kappa shape index (κ3) is 6.32. The summed E-state index contributed by atoms with van der Waals surface area (Å²) in [7, 11) is -4.13. The number of carbonyl (C=O) groups excluding carboxylic acids is 1. The number of anilines is 1. The SMILES string of the molecule is O=C1/C(=C/c2cc(Cl)ccc2OS(=O)(=O)c2ccccc2)SC(=Nc2ccc(Cl)cc2)N1c1ccc(Cl)cc1. The number of rotatable bonds is 6. The van der Waals surface area contributed by atoms with Crippen LogP contribution in [0.25, 0.3) is 6.08 Å². The number of amides is 1. The third-order valence-corrected chi connectivity index (χ3v) is 8.39. The van der Waals surface area contributed by atoms with Crippen molar-refractivity contribution in [1.29, 1.82) is 0 Å². The van der Waals surface area contributed by atoms with Crippen LogP contribution in [0.5, 0.6) is 5.75 Å². The van der Waals surface area contributed by atoms with E-state index < -0.39 is 10.1 Å². The van der Waals surface area contributed by atoms with E-state index in [4.69, 9.17) is 39.0 Å². The highest BCUT2D eigenvalue weighted by Crippen LogP contribution is 2.39. The van der Waals surface area contributed by atoms with Gasteiger partial charge in [-0.15, -0.1) is 0 Å². The van der Waals surface area contributed by atoms with Gasteiger partial charge in [0.05, 0.1) is 16.3 Å². The summed E-state index contributed by atoms with van der Waals surface area (Å²) >= 11 is 19.4. The summed E-state index contributed by atoms with van der Waals surface area (Å²) in [6.07, 6.45) is 1.53. The van der Waals surface area contributed by atoms with Gasteiger partial charge in [-0.1, -0.05) is 53.0 Å². The van der Waals surface area contributed by atoms with Gasteiger partial charge in [0.1, 0.15) is 10.6 Å². The van der Waals surface area contributed by atoms with Crippen LogP contribution < -0.4 is 9.08 Å². The van der Waals surface area contributed by atoms with E-state index in [1.54, 1.807) is 66.7 Å². The number of benzene rings is 4. The highest BCUT2D eigenvalue weighted by Gasteiger charge is 2.35. The number of hydrogen-bond acceptors (Lipinski definition) is 6. The zero-order chi connectivity index (χ0) is 27.6. The molecule has 5 rings (SSSR count). The molecule has 1 aliphatic heterocycles. The Balaban J connectivity index is 1.56. The fraction of sp³-hybridized carbons (Fsp3) is 0. The molecular weight excluding hydrogens is 599 g/mol. The molecule has 1 heterocycles. The number of thioether (sulfide) groups is 1. The molecule has 11 heteroatoms. The molecule has 6 nitrogen and oxygen atoms in total. The topological polar surface area (TPSA) is 76.0 Å². The lowest BCUT2D eigenvalue weighted by molar-refractivity contribution is -0.113. The van der Waals surface area contributed by atoms with Crippen molar-refractivity contribution in [3.63, 3.8) is 0 Å². The molecule has 39 heavy (non-hydrogen) atoms. The summed E-state index contributed by atoms with van der Waals surface area (Å²) in [5.74, 6) is -0.350. The summed E-state index contributed by atoms with van der Waals surface area (Å²) in [4.78, 5) is 20.1. The summed E-state index contributed by atoms with van der Waals surface area (Å²) < 4.78 is 31.2. The molecule has 1 saturated heterocycles. The highest BCUT2D eigenvalue weighted by atomic mass is 35.5. The quantitative estimate of drug-likeness (QED) is 0.161. The number of hydrogen-bond donors (Lipinski definition) is 0. The lowest BCUT2D eigenvalue weighted by atomic mass is 10.2. The van der Waals surface area contributed by atoms with E-state index in [1.165, 1.54) is 41.3 Å². The molecule has 0 spiro atoms. The van der Waals surface area contributed by atoms with E-state index in [0.29, 0.717) is 37.2 Å². The predicted molar refractivity (Wildman–Crippen MR) is 159 cm³/mol. The summed E-state index contributed by atoms with van der Waals surface area (Å²) in [6.45, 7) is 0. The monoisotopic (exact) mass is 614 g/mol. The molecule has 0 saturated carbocycles. The fourth-order valence-electron chi connectivity index (χ4n) is 3.60. The van der Waals surface area contributed by atoms with Crippen molar-refractivity contribution >= 4 is 85.2 Å². The first-order valence-electron chi connectivity index (χ1n) is 11.3. The average Bonchev–Trinajstić information content (AvgIpc) is 3.22. The number of carbonyl (C=O) groups is 1. The lowest BCUT2D eigenvalue weighted by Gasteiger charge is -2.15. The van der Waals surface area contributed by atoms with Crippen LogP contribution in [-0.4, -0.2) is 19.5 Å². The fourth-order valence-corrected chi connectivity index (χ4v) is 5.99. The summed E-state index contributed by atoms with van der Waals surface area (Å²) in [5.41, 5.74) is 1.46. The molecule has 0 unspecified atom stereocenters. The second kappa shape index (κ2) is 11.5. The minimum absolute atomic E-state index is 0.00355. The van der Waals surface area contributed by atoms with Crippen molar-refractivity contribution in [2.45, 2.75) is 4.90 Å². The number of halogens is 3. The van der Waals surface area contributed by atoms with Gasteiger partial charge in [0.2, 0.25) is 0 Å². The van der Waals surface area contributed by atoms with Crippen LogP contribution in [0.2, 0.25) is 15.1 Å². The second-order valence-electron chi connectivity index (χ2n) is 8.13. The molecule has 0 aliphatic carbocycles. The van der Waals surface area contributed by atoms with Crippen molar-refractivity contribution in [2.75, 3.05) is 4.90 Å². The largest absolute Gasteiger partial charge is 0.378 e. The average molecular weight is 616 g/mol. The highest BCUT2D eigenvalue weighted by molar-refractivity contribution is 8.19. The Bertz CT molecular complexity index is 1710. The molecule has 0 aromatic heterocycles. The van der Waals surface area contributed by atoms with Gasteiger partial charge < -0.3 is 4.18 Å². The second-order valence-corrected chi connectivity index (χ2v) is 12.0. The standard InChI is InChI=1S/C28H17Cl3N2O4S2/c29-19-6-11-22(12-7-19)32-28-33(23-13-8-20(30)9-14-23)27(34)26(38-28)17-18-16-21(31)10-15-25(18)37-39(35,36)24-4-2-1-3-5-24/h1-17H/b26-17-,32-28?. The molecule has 4 aromatic carbocycles. The zero-order valence-electron chi connectivity index (χ0n) is 19.8. The Labute approximate surface area is 244 Å². The Morgan fingerprint density at radius 1 is 0.795 bits per heavy atom. The maximum Gasteiger partial charge on any atom is 0.339 e. The maximum absolute atomic E-state index is 13.7. The van der Waals surface area contributed by atoms with Crippen LogP contribution in [0.3, 0.4) is 0 Å². The van der Waals surface area contributed by atoms with Crippen LogP contribution in [0.1, 0.15) is 5.56 Å². The minimum atomic E-state index is -4.13. The summed E-state index contributed by atoms with van der Waals surface area (Å²) in [6, 6.07) is 25.9. The normalized spacial score (nSPS) is 15.8. The van der Waals surface area contributed by atoms with E-state index in [9.17, 15) is 13.2 Å². The van der Waals surface area contributed by atoms with E-state index >= 15 is 0 Å². The predicted octanol–water partition coefficient (Wildman–Crippen LogP) is 8.22. The smallest absolute Gasteiger partial charge is 0.339 e. The van der Waals surface area contributed by atoms with Crippen LogP contribution in [0, 0.1) is 0 Å². The Morgan fingerprint density at radius 2 is 1.41 bits per heavy atom. The molecule has 1 aliphatic rings. The van der Waals surface area contributed by atoms with Gasteiger partial charge in [0.25, 0.3) is 5.91 Å². The number of aliphatic imine (C=N–C) groups is 1. The van der Waals surface area contributed by atoms with E-state index in [2.05, 4.69) is 4.99 Å². The zero-order valence-corrected chi connectivity index (χ0v) is 23.7. The van der Waals surface area contributed by atoms with Crippen LogP contribution in [-0.2, 0) is 14.9 Å². The van der Waals surface area contributed by atoms with Gasteiger partial charge >= 0.3 is 10.1 Å². The van der Waals surface area contributed by atoms with Gasteiger partial charge in [-0.3, -0.25) is 9.69 Å². The van der Waals surface area contributed by atoms with Crippen LogP contribution in [0.4, 0.5) is 11.4 Å². The first-order chi connectivity index (χ1) is 18.7. The first-order valence-corrected chi connectivity index (χ1v) is 14.7. The van der Waals surface area contributed by atoms with E-state index in [1.807, 2.05) is 0 Å². The van der Waals surface area contributed by atoms with Gasteiger partial charge in [-0.25, -0.2) is 4.99 Å². The van der Waals surface area contributed by atoms with E-state index in [0.717, 1.165) is 11.8 Å². The van der Waals surface area contributed by atoms with Gasteiger partial charge in [0.15, 0.2) is 5.17 Å². The molecule has 0 radical (unpaired) electrons. The van der Waals surface area contributed by atoms with Gasteiger partial charge in [-0.2, -0.15) is 8.42 Å². The van der Waals surface area contributed by atoms with Gasteiger partial charge in [-0.05, 0) is 96.7 Å². The lowest BCUT2D eigenvalue weighted by Crippen LogP contribution is -2.28. The van der Waals surface area contributed by atoms with Crippen molar-refractivity contribution < 1.29 is 17.4 Å². The van der Waals surface area contributed by atoms with Gasteiger partial charge in [0, 0.05) is 20.6 Å². The van der Waals surface area contributed by atoms with Crippen LogP contribution in [0.15, 0.2) is 112 Å². The number of amidine groups is 1. The molecule has 4 aromatic rings. The van der Waals surface area contributed by atoms with Crippen LogP contribution >= 0.6 is 46.6 Å². The first kappa shape index (κ1) is 27.3.